The van der Waals surface area contributed by atoms with Crippen LogP contribution in [-0.4, -0.2) is 36.0 Å². The van der Waals surface area contributed by atoms with E-state index >= 15 is 0 Å². The maximum Gasteiger partial charge on any atom is 0.0345 e. The molecule has 0 unspecified atom stereocenters. The monoisotopic (exact) mass is 324 g/mol. The van der Waals surface area contributed by atoms with Crippen molar-refractivity contribution in [2.75, 3.05) is 36.5 Å². The zero-order chi connectivity index (χ0) is 15.7. The summed E-state index contributed by atoms with van der Waals surface area (Å²) in [6, 6.07) is 19.2. The molecule has 3 rings (SSSR count). The number of thioether (sulfide) groups is 1. The third kappa shape index (κ3) is 5.45. The van der Waals surface area contributed by atoms with Crippen molar-refractivity contribution >= 4 is 23.5 Å². The molecule has 23 heavy (non-hydrogen) atoms. The Hall–Kier alpha value is -1.71. The van der Waals surface area contributed by atoms with E-state index in [0.717, 1.165) is 13.1 Å². The summed E-state index contributed by atoms with van der Waals surface area (Å²) in [6.45, 7) is 4.33. The average molecular weight is 324 g/mol. The van der Waals surface area contributed by atoms with Gasteiger partial charge in [-0.05, 0) is 23.3 Å². The fourth-order valence-electron chi connectivity index (χ4n) is 2.73. The molecule has 0 saturated carbocycles. The molecule has 1 aliphatic rings. The number of nitrogens with one attached hydrogen (secondary N) is 1. The van der Waals surface area contributed by atoms with Crippen LogP contribution < -0.4 is 5.32 Å². The van der Waals surface area contributed by atoms with E-state index in [1.807, 2.05) is 6.07 Å². The molecule has 0 aromatic heterocycles. The van der Waals surface area contributed by atoms with Gasteiger partial charge in [0.1, 0.15) is 0 Å². The van der Waals surface area contributed by atoms with Crippen LogP contribution in [0.1, 0.15) is 11.1 Å². The SMILES string of the molecule is C(=C\c1ccccc1)/CNc1cccc(CN2CCSCC2)c1. The van der Waals surface area contributed by atoms with Crippen molar-refractivity contribution in [3.05, 3.63) is 71.8 Å². The fraction of sp³-hybridized carbons (Fsp3) is 0.300. The van der Waals surface area contributed by atoms with Gasteiger partial charge in [0.25, 0.3) is 0 Å². The highest BCUT2D eigenvalue weighted by Crippen LogP contribution is 2.16. The van der Waals surface area contributed by atoms with E-state index < -0.39 is 0 Å². The quantitative estimate of drug-likeness (QED) is 0.850. The molecule has 120 valence electrons. The summed E-state index contributed by atoms with van der Waals surface area (Å²) < 4.78 is 0. The highest BCUT2D eigenvalue weighted by Gasteiger charge is 2.10. The summed E-state index contributed by atoms with van der Waals surface area (Å²) >= 11 is 2.06. The molecule has 2 aromatic rings. The Bertz CT molecular complexity index is 619. The number of benzene rings is 2. The van der Waals surface area contributed by atoms with Crippen LogP contribution in [0.2, 0.25) is 0 Å². The lowest BCUT2D eigenvalue weighted by atomic mass is 10.2. The minimum absolute atomic E-state index is 0.846. The van der Waals surface area contributed by atoms with Crippen molar-refractivity contribution in [3.8, 4) is 0 Å². The predicted molar refractivity (Wildman–Crippen MR) is 103 cm³/mol. The maximum absolute atomic E-state index is 3.48. The first-order chi connectivity index (χ1) is 11.4. The lowest BCUT2D eigenvalue weighted by molar-refractivity contribution is 0.294. The van der Waals surface area contributed by atoms with E-state index in [9.17, 15) is 0 Å². The third-order valence-electron chi connectivity index (χ3n) is 3.97. The Morgan fingerprint density at radius 1 is 1.00 bits per heavy atom. The summed E-state index contributed by atoms with van der Waals surface area (Å²) in [7, 11) is 0. The molecule has 1 saturated heterocycles. The molecule has 0 bridgehead atoms. The Labute approximate surface area is 143 Å². The van der Waals surface area contributed by atoms with Gasteiger partial charge in [0, 0.05) is 43.4 Å². The van der Waals surface area contributed by atoms with Gasteiger partial charge in [0.2, 0.25) is 0 Å². The molecule has 1 fully saturated rings. The maximum atomic E-state index is 3.48. The van der Waals surface area contributed by atoms with Gasteiger partial charge in [-0.3, -0.25) is 4.90 Å². The van der Waals surface area contributed by atoms with Crippen LogP contribution >= 0.6 is 11.8 Å². The predicted octanol–water partition coefficient (Wildman–Crippen LogP) is 4.36. The Morgan fingerprint density at radius 2 is 1.83 bits per heavy atom. The first kappa shape index (κ1) is 16.2. The molecule has 0 atom stereocenters. The molecular weight excluding hydrogens is 300 g/mol. The second kappa shape index (κ2) is 8.80. The van der Waals surface area contributed by atoms with E-state index in [1.165, 1.54) is 41.4 Å². The second-order valence-electron chi connectivity index (χ2n) is 5.78. The molecule has 1 N–H and O–H groups in total. The van der Waals surface area contributed by atoms with Crippen molar-refractivity contribution in [2.45, 2.75) is 6.54 Å². The Balaban J connectivity index is 1.50. The van der Waals surface area contributed by atoms with Crippen LogP contribution in [0.3, 0.4) is 0 Å². The van der Waals surface area contributed by atoms with E-state index in [0.29, 0.717) is 0 Å². The first-order valence-corrected chi connectivity index (χ1v) is 9.40. The fourth-order valence-corrected chi connectivity index (χ4v) is 3.71. The van der Waals surface area contributed by atoms with Gasteiger partial charge in [-0.2, -0.15) is 11.8 Å². The van der Waals surface area contributed by atoms with E-state index in [2.05, 4.69) is 82.7 Å². The largest absolute Gasteiger partial charge is 0.382 e. The minimum Gasteiger partial charge on any atom is -0.382 e. The van der Waals surface area contributed by atoms with Crippen molar-refractivity contribution in [2.24, 2.45) is 0 Å². The molecule has 2 aromatic carbocycles. The van der Waals surface area contributed by atoms with Gasteiger partial charge in [-0.25, -0.2) is 0 Å². The molecule has 3 heteroatoms. The molecule has 0 spiro atoms. The van der Waals surface area contributed by atoms with Crippen molar-refractivity contribution in [3.63, 3.8) is 0 Å². The zero-order valence-corrected chi connectivity index (χ0v) is 14.3. The Morgan fingerprint density at radius 3 is 2.65 bits per heavy atom. The second-order valence-corrected chi connectivity index (χ2v) is 7.01. The van der Waals surface area contributed by atoms with Crippen LogP contribution in [0.4, 0.5) is 5.69 Å². The number of hydrogen-bond donors (Lipinski definition) is 1. The lowest BCUT2D eigenvalue weighted by Gasteiger charge is -2.26. The summed E-state index contributed by atoms with van der Waals surface area (Å²) in [4.78, 5) is 2.55. The topological polar surface area (TPSA) is 15.3 Å². The molecule has 0 radical (unpaired) electrons. The number of nitrogens with zero attached hydrogens (tertiary/aromatic N) is 1. The van der Waals surface area contributed by atoms with Gasteiger partial charge in [-0.1, -0.05) is 54.6 Å². The van der Waals surface area contributed by atoms with Crippen LogP contribution in [0, 0.1) is 0 Å². The van der Waals surface area contributed by atoms with Crippen LogP contribution in [-0.2, 0) is 6.54 Å². The molecule has 0 aliphatic carbocycles. The van der Waals surface area contributed by atoms with Gasteiger partial charge < -0.3 is 5.32 Å². The van der Waals surface area contributed by atoms with Crippen LogP contribution in [0.25, 0.3) is 6.08 Å². The first-order valence-electron chi connectivity index (χ1n) is 8.25. The van der Waals surface area contributed by atoms with E-state index in [4.69, 9.17) is 0 Å². The van der Waals surface area contributed by atoms with Crippen molar-refractivity contribution in [1.82, 2.24) is 4.90 Å². The van der Waals surface area contributed by atoms with Gasteiger partial charge in [0.05, 0.1) is 0 Å². The van der Waals surface area contributed by atoms with Crippen molar-refractivity contribution in [1.29, 1.82) is 0 Å². The van der Waals surface area contributed by atoms with Gasteiger partial charge in [0.15, 0.2) is 0 Å². The normalized spacial score (nSPS) is 15.8. The standard InChI is InChI=1S/C20H24N2S/c1-2-6-18(7-3-1)9-5-11-21-20-10-4-8-19(16-20)17-22-12-14-23-15-13-22/h1-10,16,21H,11-15,17H2/b9-5+. The third-order valence-corrected chi connectivity index (χ3v) is 4.91. The summed E-state index contributed by atoms with van der Waals surface area (Å²) in [5.41, 5.74) is 3.84. The zero-order valence-electron chi connectivity index (χ0n) is 13.4. The van der Waals surface area contributed by atoms with Crippen LogP contribution in [0.5, 0.6) is 0 Å². The lowest BCUT2D eigenvalue weighted by Crippen LogP contribution is -2.31. The van der Waals surface area contributed by atoms with Crippen molar-refractivity contribution < 1.29 is 0 Å². The molecule has 2 nitrogen and oxygen atoms in total. The average Bonchev–Trinajstić information content (AvgIpc) is 2.61. The Kier molecular flexibility index (Phi) is 6.18. The van der Waals surface area contributed by atoms with Gasteiger partial charge >= 0.3 is 0 Å². The highest BCUT2D eigenvalue weighted by molar-refractivity contribution is 7.99. The van der Waals surface area contributed by atoms with Crippen LogP contribution in [0.15, 0.2) is 60.7 Å². The van der Waals surface area contributed by atoms with Gasteiger partial charge in [-0.15, -0.1) is 0 Å². The summed E-state index contributed by atoms with van der Waals surface area (Å²) in [5, 5.41) is 3.48. The molecular formula is C20H24N2S. The smallest absolute Gasteiger partial charge is 0.0345 e. The minimum atomic E-state index is 0.846. The number of rotatable bonds is 6. The highest BCUT2D eigenvalue weighted by atomic mass is 32.2. The molecule has 1 aliphatic heterocycles. The molecule has 1 heterocycles. The number of hydrogen-bond acceptors (Lipinski definition) is 3. The summed E-state index contributed by atoms with van der Waals surface area (Å²) in [5.74, 6) is 2.53. The van der Waals surface area contributed by atoms with E-state index in [-0.39, 0.29) is 0 Å². The van der Waals surface area contributed by atoms with E-state index in [1.54, 1.807) is 0 Å². The summed E-state index contributed by atoms with van der Waals surface area (Å²) in [6.07, 6.45) is 4.33. The number of anilines is 1. The molecule has 0 amide bonds.